The molecule has 3 nitrogen and oxygen atoms in total. The Hall–Kier alpha value is 0.0300. The molecular weight excluding hydrogens is 370 g/mol. The van der Waals surface area contributed by atoms with Crippen LogP contribution in [0.4, 0.5) is 0 Å². The molecular formula is C14H21Br2N3. The van der Waals surface area contributed by atoms with Gasteiger partial charge in [-0.15, -0.1) is 0 Å². The van der Waals surface area contributed by atoms with Crippen molar-refractivity contribution in [1.29, 1.82) is 0 Å². The summed E-state index contributed by atoms with van der Waals surface area (Å²) in [6.07, 6.45) is 11.1. The van der Waals surface area contributed by atoms with Gasteiger partial charge in [0.15, 0.2) is 0 Å². The summed E-state index contributed by atoms with van der Waals surface area (Å²) in [7, 11) is 0. The monoisotopic (exact) mass is 389 g/mol. The minimum absolute atomic E-state index is 0.129. The summed E-state index contributed by atoms with van der Waals surface area (Å²) >= 11 is 6.99. The quantitative estimate of drug-likeness (QED) is 0.575. The second kappa shape index (κ2) is 7.72. The van der Waals surface area contributed by atoms with Crippen molar-refractivity contribution in [2.75, 3.05) is 0 Å². The lowest BCUT2D eigenvalue weighted by molar-refractivity contribution is 0.313. The van der Waals surface area contributed by atoms with Gasteiger partial charge in [-0.05, 0) is 56.7 Å². The topological polar surface area (TPSA) is 50.9 Å². The second-order valence-corrected chi connectivity index (χ2v) is 7.09. The number of hydrogen-bond acceptors (Lipinski definition) is 3. The van der Waals surface area contributed by atoms with Crippen LogP contribution >= 0.6 is 31.9 Å². The fraction of sp³-hybridized carbons (Fsp3) is 0.643. The smallest absolute Gasteiger partial charge is 0.0729 e. The SMILES string of the molecule is NNC(CCC1CCCCC1)c1ncc(Br)cc1Br. The van der Waals surface area contributed by atoms with E-state index in [4.69, 9.17) is 5.84 Å². The van der Waals surface area contributed by atoms with Crippen LogP contribution < -0.4 is 11.3 Å². The van der Waals surface area contributed by atoms with Crippen molar-refractivity contribution in [3.8, 4) is 0 Å². The Morgan fingerprint density at radius 3 is 2.68 bits per heavy atom. The van der Waals surface area contributed by atoms with Crippen LogP contribution in [0.15, 0.2) is 21.2 Å². The van der Waals surface area contributed by atoms with Gasteiger partial charge in [0.1, 0.15) is 0 Å². The van der Waals surface area contributed by atoms with Gasteiger partial charge in [-0.1, -0.05) is 32.1 Å². The molecule has 0 amide bonds. The fourth-order valence-electron chi connectivity index (χ4n) is 2.86. The van der Waals surface area contributed by atoms with Crippen molar-refractivity contribution < 1.29 is 0 Å². The molecule has 0 spiro atoms. The first kappa shape index (κ1) is 15.4. The number of pyridine rings is 1. The molecule has 1 fully saturated rings. The van der Waals surface area contributed by atoms with E-state index in [1.165, 1.54) is 38.5 Å². The maximum absolute atomic E-state index is 5.70. The molecule has 1 saturated carbocycles. The molecule has 1 aromatic rings. The Morgan fingerprint density at radius 1 is 1.32 bits per heavy atom. The summed E-state index contributed by atoms with van der Waals surface area (Å²) < 4.78 is 1.99. The Balaban J connectivity index is 1.95. The van der Waals surface area contributed by atoms with Crippen LogP contribution in [0.2, 0.25) is 0 Å². The van der Waals surface area contributed by atoms with Gasteiger partial charge in [0.25, 0.3) is 0 Å². The van der Waals surface area contributed by atoms with Crippen LogP contribution in [0.25, 0.3) is 0 Å². The first-order chi connectivity index (χ1) is 9.20. The highest BCUT2D eigenvalue weighted by molar-refractivity contribution is 9.11. The summed E-state index contributed by atoms with van der Waals surface area (Å²) in [6, 6.07) is 2.15. The molecule has 1 unspecified atom stereocenters. The molecule has 0 radical (unpaired) electrons. The Kier molecular flexibility index (Phi) is 6.26. The third kappa shape index (κ3) is 4.52. The van der Waals surface area contributed by atoms with E-state index >= 15 is 0 Å². The average Bonchev–Trinajstić information content (AvgIpc) is 2.42. The summed E-state index contributed by atoms with van der Waals surface area (Å²) in [5, 5.41) is 0. The van der Waals surface area contributed by atoms with Gasteiger partial charge in [-0.25, -0.2) is 0 Å². The molecule has 5 heteroatoms. The number of nitrogens with zero attached hydrogens (tertiary/aromatic N) is 1. The van der Waals surface area contributed by atoms with Gasteiger partial charge in [0.2, 0.25) is 0 Å². The van der Waals surface area contributed by atoms with Crippen molar-refractivity contribution >= 4 is 31.9 Å². The Labute approximate surface area is 132 Å². The minimum Gasteiger partial charge on any atom is -0.271 e. The zero-order chi connectivity index (χ0) is 13.7. The lowest BCUT2D eigenvalue weighted by atomic mass is 9.85. The summed E-state index contributed by atoms with van der Waals surface area (Å²) in [5.41, 5.74) is 3.91. The van der Waals surface area contributed by atoms with Gasteiger partial charge in [0, 0.05) is 15.1 Å². The van der Waals surface area contributed by atoms with Crippen LogP contribution in [0.5, 0.6) is 0 Å². The van der Waals surface area contributed by atoms with Gasteiger partial charge in [-0.3, -0.25) is 16.3 Å². The highest BCUT2D eigenvalue weighted by atomic mass is 79.9. The number of hydrazine groups is 1. The normalized spacial score (nSPS) is 18.5. The first-order valence-corrected chi connectivity index (χ1v) is 8.56. The van der Waals surface area contributed by atoms with E-state index < -0.39 is 0 Å². The van der Waals surface area contributed by atoms with Gasteiger partial charge >= 0.3 is 0 Å². The summed E-state index contributed by atoms with van der Waals surface area (Å²) in [6.45, 7) is 0. The summed E-state index contributed by atoms with van der Waals surface area (Å²) in [5.74, 6) is 6.58. The summed E-state index contributed by atoms with van der Waals surface area (Å²) in [4.78, 5) is 4.48. The van der Waals surface area contributed by atoms with Gasteiger partial charge in [-0.2, -0.15) is 0 Å². The third-order valence-corrected chi connectivity index (χ3v) is 5.02. The van der Waals surface area contributed by atoms with Crippen LogP contribution in [-0.2, 0) is 0 Å². The zero-order valence-electron chi connectivity index (χ0n) is 11.0. The van der Waals surface area contributed by atoms with Crippen molar-refractivity contribution in [1.82, 2.24) is 10.4 Å². The molecule has 2 rings (SSSR count). The number of nitrogens with one attached hydrogen (secondary N) is 1. The molecule has 0 saturated heterocycles. The standard InChI is InChI=1S/C14H21Br2N3/c15-11-8-12(16)14(18-9-11)13(19-17)7-6-10-4-2-1-3-5-10/h8-10,13,19H,1-7,17H2. The number of hydrogen-bond donors (Lipinski definition) is 2. The first-order valence-electron chi connectivity index (χ1n) is 6.97. The van der Waals surface area contributed by atoms with Gasteiger partial charge in [0.05, 0.1) is 11.7 Å². The van der Waals surface area contributed by atoms with Crippen LogP contribution in [0.3, 0.4) is 0 Å². The number of aromatic nitrogens is 1. The van der Waals surface area contributed by atoms with Gasteiger partial charge < -0.3 is 0 Å². The largest absolute Gasteiger partial charge is 0.271 e. The molecule has 0 aliphatic heterocycles. The maximum atomic E-state index is 5.70. The highest BCUT2D eigenvalue weighted by Gasteiger charge is 2.19. The molecule has 1 atom stereocenters. The second-order valence-electron chi connectivity index (χ2n) is 5.32. The molecule has 1 aliphatic rings. The van der Waals surface area contributed by atoms with Crippen molar-refractivity contribution in [3.05, 3.63) is 26.9 Å². The molecule has 1 aromatic heterocycles. The highest BCUT2D eigenvalue weighted by Crippen LogP contribution is 2.32. The molecule has 3 N–H and O–H groups in total. The van der Waals surface area contributed by atoms with Crippen molar-refractivity contribution in [2.24, 2.45) is 11.8 Å². The van der Waals surface area contributed by atoms with E-state index in [0.29, 0.717) is 0 Å². The molecule has 1 heterocycles. The third-order valence-electron chi connectivity index (χ3n) is 3.96. The number of nitrogens with two attached hydrogens (primary N) is 1. The Morgan fingerprint density at radius 2 is 2.05 bits per heavy atom. The lowest BCUT2D eigenvalue weighted by Gasteiger charge is -2.24. The van der Waals surface area contributed by atoms with E-state index in [1.54, 1.807) is 0 Å². The van der Waals surface area contributed by atoms with Crippen LogP contribution in [0, 0.1) is 5.92 Å². The van der Waals surface area contributed by atoms with Crippen LogP contribution in [0.1, 0.15) is 56.7 Å². The average molecular weight is 391 g/mol. The number of halogens is 2. The predicted octanol–water partition coefficient (Wildman–Crippen LogP) is 4.47. The molecule has 0 bridgehead atoms. The van der Waals surface area contributed by atoms with Crippen molar-refractivity contribution in [2.45, 2.75) is 51.0 Å². The molecule has 19 heavy (non-hydrogen) atoms. The van der Waals surface area contributed by atoms with E-state index in [-0.39, 0.29) is 6.04 Å². The number of rotatable bonds is 5. The van der Waals surface area contributed by atoms with Crippen molar-refractivity contribution in [3.63, 3.8) is 0 Å². The molecule has 106 valence electrons. The Bertz CT molecular complexity index is 406. The minimum atomic E-state index is 0.129. The zero-order valence-corrected chi connectivity index (χ0v) is 14.2. The lowest BCUT2D eigenvalue weighted by Crippen LogP contribution is -2.29. The van der Waals surface area contributed by atoms with E-state index in [1.807, 2.05) is 12.3 Å². The van der Waals surface area contributed by atoms with E-state index in [2.05, 4.69) is 42.3 Å². The van der Waals surface area contributed by atoms with E-state index in [0.717, 1.165) is 27.0 Å². The predicted molar refractivity (Wildman–Crippen MR) is 85.5 cm³/mol. The fourth-order valence-corrected chi connectivity index (χ4v) is 4.12. The maximum Gasteiger partial charge on any atom is 0.0729 e. The molecule has 0 aromatic carbocycles. The molecule has 1 aliphatic carbocycles. The van der Waals surface area contributed by atoms with Crippen LogP contribution in [-0.4, -0.2) is 4.98 Å². The van der Waals surface area contributed by atoms with E-state index in [9.17, 15) is 0 Å².